The van der Waals surface area contributed by atoms with Crippen LogP contribution >= 0.6 is 0 Å². The zero-order valence-corrected chi connectivity index (χ0v) is 9.51. The molecule has 0 heterocycles. The summed E-state index contributed by atoms with van der Waals surface area (Å²) in [6.07, 6.45) is 4.75. The molecule has 2 bridgehead atoms. The summed E-state index contributed by atoms with van der Waals surface area (Å²) in [5.74, 6) is -1.71. The van der Waals surface area contributed by atoms with Gasteiger partial charge in [0.15, 0.2) is 0 Å². The molecule has 0 saturated heterocycles. The summed E-state index contributed by atoms with van der Waals surface area (Å²) in [6.45, 7) is 3.77. The molecule has 0 aromatic carbocycles. The molecular formula is C12H17NO3. The lowest BCUT2D eigenvalue weighted by molar-refractivity contribution is -0.147. The largest absolute Gasteiger partial charge is 0.481 e. The van der Waals surface area contributed by atoms with E-state index in [9.17, 15) is 14.7 Å². The van der Waals surface area contributed by atoms with E-state index in [4.69, 9.17) is 0 Å². The van der Waals surface area contributed by atoms with Gasteiger partial charge in [-0.1, -0.05) is 12.2 Å². The molecule has 2 N–H and O–H groups in total. The van der Waals surface area contributed by atoms with Gasteiger partial charge in [-0.05, 0) is 32.1 Å². The van der Waals surface area contributed by atoms with Gasteiger partial charge in [0.1, 0.15) is 0 Å². The van der Waals surface area contributed by atoms with E-state index in [0.29, 0.717) is 0 Å². The summed E-state index contributed by atoms with van der Waals surface area (Å²) >= 11 is 0. The number of hydrogen-bond donors (Lipinski definition) is 2. The molecule has 2 rings (SSSR count). The highest BCUT2D eigenvalue weighted by atomic mass is 16.4. The van der Waals surface area contributed by atoms with Crippen molar-refractivity contribution in [1.29, 1.82) is 0 Å². The van der Waals surface area contributed by atoms with Gasteiger partial charge in [-0.2, -0.15) is 0 Å². The summed E-state index contributed by atoms with van der Waals surface area (Å²) in [6, 6.07) is 0.0602. The maximum absolute atomic E-state index is 12.0. The minimum atomic E-state index is -0.847. The van der Waals surface area contributed by atoms with Crippen LogP contribution in [0.25, 0.3) is 0 Å². The summed E-state index contributed by atoms with van der Waals surface area (Å²) in [5, 5.41) is 12.0. The summed E-state index contributed by atoms with van der Waals surface area (Å²) in [4.78, 5) is 23.1. The molecular weight excluding hydrogens is 206 g/mol. The molecule has 0 aliphatic heterocycles. The monoisotopic (exact) mass is 223 g/mol. The van der Waals surface area contributed by atoms with Crippen LogP contribution in [0, 0.1) is 23.7 Å². The lowest BCUT2D eigenvalue weighted by Crippen LogP contribution is -2.42. The number of nitrogens with one attached hydrogen (secondary N) is 1. The van der Waals surface area contributed by atoms with E-state index >= 15 is 0 Å². The van der Waals surface area contributed by atoms with Crippen molar-refractivity contribution < 1.29 is 14.7 Å². The van der Waals surface area contributed by atoms with Crippen LogP contribution in [0.5, 0.6) is 0 Å². The molecule has 0 aromatic heterocycles. The van der Waals surface area contributed by atoms with Crippen molar-refractivity contribution in [3.05, 3.63) is 12.2 Å². The number of amides is 1. The van der Waals surface area contributed by atoms with Gasteiger partial charge in [-0.3, -0.25) is 9.59 Å². The Kier molecular flexibility index (Phi) is 2.74. The molecule has 2 aliphatic carbocycles. The fourth-order valence-electron chi connectivity index (χ4n) is 2.90. The first-order valence-electron chi connectivity index (χ1n) is 5.72. The standard InChI is InChI=1S/C12H17NO3/c1-6(2)13-11(14)9-7-3-4-8(5-7)10(9)12(15)16/h3-4,6-10H,5H2,1-2H3,(H,13,14)(H,15,16)/t7-,8-,9-,10+/m0/s1. The molecule has 88 valence electrons. The second-order valence-electron chi connectivity index (χ2n) is 5.00. The first-order valence-corrected chi connectivity index (χ1v) is 5.72. The van der Waals surface area contributed by atoms with E-state index in [0.717, 1.165) is 6.42 Å². The van der Waals surface area contributed by atoms with Crippen molar-refractivity contribution in [2.45, 2.75) is 26.3 Å². The highest BCUT2D eigenvalue weighted by Crippen LogP contribution is 2.48. The van der Waals surface area contributed by atoms with Crippen molar-refractivity contribution >= 4 is 11.9 Å². The fraction of sp³-hybridized carbons (Fsp3) is 0.667. The zero-order valence-electron chi connectivity index (χ0n) is 9.51. The first-order chi connectivity index (χ1) is 7.50. The highest BCUT2D eigenvalue weighted by Gasteiger charge is 2.51. The number of carboxylic acids is 1. The van der Waals surface area contributed by atoms with Crippen molar-refractivity contribution in [3.8, 4) is 0 Å². The van der Waals surface area contributed by atoms with Gasteiger partial charge in [0.2, 0.25) is 5.91 Å². The average Bonchev–Trinajstić information content (AvgIpc) is 2.74. The quantitative estimate of drug-likeness (QED) is 0.702. The maximum Gasteiger partial charge on any atom is 0.307 e. The van der Waals surface area contributed by atoms with Crippen LogP contribution in [0.15, 0.2) is 12.2 Å². The van der Waals surface area contributed by atoms with Crippen molar-refractivity contribution in [3.63, 3.8) is 0 Å². The van der Waals surface area contributed by atoms with Crippen LogP contribution in [-0.2, 0) is 9.59 Å². The van der Waals surface area contributed by atoms with Crippen LogP contribution in [0.3, 0.4) is 0 Å². The summed E-state index contributed by atoms with van der Waals surface area (Å²) in [7, 11) is 0. The van der Waals surface area contributed by atoms with E-state index < -0.39 is 11.9 Å². The first kappa shape index (κ1) is 11.2. The van der Waals surface area contributed by atoms with Gasteiger partial charge in [-0.15, -0.1) is 0 Å². The Morgan fingerprint density at radius 3 is 2.31 bits per heavy atom. The Bertz CT molecular complexity index is 348. The molecule has 16 heavy (non-hydrogen) atoms. The SMILES string of the molecule is CC(C)NC(=O)[C@@H]1[C@H](C(=O)O)[C@H]2C=C[C@H]1C2. The minimum Gasteiger partial charge on any atom is -0.481 e. The minimum absolute atomic E-state index is 0.0467. The molecule has 1 saturated carbocycles. The summed E-state index contributed by atoms with van der Waals surface area (Å²) in [5.41, 5.74) is 0. The topological polar surface area (TPSA) is 66.4 Å². The Labute approximate surface area is 94.7 Å². The van der Waals surface area contributed by atoms with Crippen LogP contribution in [-0.4, -0.2) is 23.0 Å². The number of hydrogen-bond acceptors (Lipinski definition) is 2. The van der Waals surface area contributed by atoms with Gasteiger partial charge in [-0.25, -0.2) is 0 Å². The Hall–Kier alpha value is -1.32. The normalized spacial score (nSPS) is 35.7. The number of carboxylic acid groups (broad SMARTS) is 1. The van der Waals surface area contributed by atoms with E-state index in [1.54, 1.807) is 0 Å². The third-order valence-electron chi connectivity index (χ3n) is 3.48. The number of allylic oxidation sites excluding steroid dienone is 2. The third kappa shape index (κ3) is 1.72. The van der Waals surface area contributed by atoms with Crippen molar-refractivity contribution in [2.24, 2.45) is 23.7 Å². The predicted octanol–water partition coefficient (Wildman–Crippen LogP) is 1.03. The molecule has 4 heteroatoms. The molecule has 1 amide bonds. The highest BCUT2D eigenvalue weighted by molar-refractivity contribution is 5.86. The lowest BCUT2D eigenvalue weighted by Gasteiger charge is -2.24. The van der Waals surface area contributed by atoms with Gasteiger partial charge in [0.25, 0.3) is 0 Å². The fourth-order valence-corrected chi connectivity index (χ4v) is 2.90. The lowest BCUT2D eigenvalue weighted by atomic mass is 9.82. The predicted molar refractivity (Wildman–Crippen MR) is 58.6 cm³/mol. The molecule has 0 radical (unpaired) electrons. The van der Waals surface area contributed by atoms with E-state index in [1.165, 1.54) is 0 Å². The van der Waals surface area contributed by atoms with E-state index in [-0.39, 0.29) is 29.7 Å². The molecule has 4 atom stereocenters. The zero-order chi connectivity index (χ0) is 11.9. The average molecular weight is 223 g/mol. The number of rotatable bonds is 3. The van der Waals surface area contributed by atoms with Gasteiger partial charge >= 0.3 is 5.97 Å². The molecule has 0 aromatic rings. The van der Waals surface area contributed by atoms with Crippen molar-refractivity contribution in [2.75, 3.05) is 0 Å². The second kappa shape index (κ2) is 3.92. The Morgan fingerprint density at radius 1 is 1.25 bits per heavy atom. The number of carbonyl (C=O) groups is 2. The summed E-state index contributed by atoms with van der Waals surface area (Å²) < 4.78 is 0. The van der Waals surface area contributed by atoms with Crippen molar-refractivity contribution in [1.82, 2.24) is 5.32 Å². The van der Waals surface area contributed by atoms with Gasteiger partial charge < -0.3 is 10.4 Å². The second-order valence-corrected chi connectivity index (χ2v) is 5.00. The molecule has 0 spiro atoms. The van der Waals surface area contributed by atoms with E-state index in [1.807, 2.05) is 26.0 Å². The van der Waals surface area contributed by atoms with E-state index in [2.05, 4.69) is 5.32 Å². The van der Waals surface area contributed by atoms with Crippen LogP contribution in [0.1, 0.15) is 20.3 Å². The molecule has 4 nitrogen and oxygen atoms in total. The van der Waals surface area contributed by atoms with Crippen LogP contribution < -0.4 is 5.32 Å². The number of fused-ring (bicyclic) bond motifs is 2. The molecule has 1 fully saturated rings. The van der Waals surface area contributed by atoms with Crippen LogP contribution in [0.2, 0.25) is 0 Å². The number of carbonyl (C=O) groups excluding carboxylic acids is 1. The molecule has 2 aliphatic rings. The van der Waals surface area contributed by atoms with Crippen LogP contribution in [0.4, 0.5) is 0 Å². The smallest absolute Gasteiger partial charge is 0.307 e. The maximum atomic E-state index is 12.0. The van der Waals surface area contributed by atoms with Gasteiger partial charge in [0, 0.05) is 6.04 Å². The van der Waals surface area contributed by atoms with Gasteiger partial charge in [0.05, 0.1) is 11.8 Å². The Balaban J connectivity index is 2.16. The number of aliphatic carboxylic acids is 1. The Morgan fingerprint density at radius 2 is 1.81 bits per heavy atom. The molecule has 0 unspecified atom stereocenters. The third-order valence-corrected chi connectivity index (χ3v) is 3.48.